The first-order chi connectivity index (χ1) is 12.9. The van der Waals surface area contributed by atoms with Crippen molar-refractivity contribution in [2.75, 3.05) is 0 Å². The van der Waals surface area contributed by atoms with Crippen LogP contribution in [0.15, 0.2) is 70.5 Å². The van der Waals surface area contributed by atoms with Gasteiger partial charge >= 0.3 is 0 Å². The van der Waals surface area contributed by atoms with Crippen molar-refractivity contribution in [1.82, 2.24) is 4.13 Å². The van der Waals surface area contributed by atoms with Gasteiger partial charge in [0, 0.05) is 65.4 Å². The Balaban J connectivity index is 0.00000120. The second kappa shape index (κ2) is 8.19. The first-order valence-corrected chi connectivity index (χ1v) is 11.0. The van der Waals surface area contributed by atoms with Crippen molar-refractivity contribution in [2.24, 2.45) is 0 Å². The molecule has 0 amide bonds. The Hall–Kier alpha value is -0.532. The molecule has 4 aromatic rings. The average molecular weight is 571 g/mol. The monoisotopic (exact) mass is 571 g/mol. The van der Waals surface area contributed by atoms with E-state index in [-0.39, 0.29) is 75.2 Å². The van der Waals surface area contributed by atoms with Gasteiger partial charge in [-0.05, 0) is 9.79 Å². The molecule has 1 heterocycles. The summed E-state index contributed by atoms with van der Waals surface area (Å²) in [6.45, 7) is 0. The third-order valence-corrected chi connectivity index (χ3v) is 8.11. The molecule has 1 aliphatic rings. The molecule has 0 atom stereocenters. The molecule has 2 radical (unpaired) electrons. The summed E-state index contributed by atoms with van der Waals surface area (Å²) in [7, 11) is -8.65. The Bertz CT molecular complexity index is 1370. The molecule has 140 valence electrons. The smallest absolute Gasteiger partial charge is 0.208 e. The molecule has 0 aliphatic carbocycles. The van der Waals surface area contributed by atoms with E-state index in [1.54, 1.807) is 36.4 Å². The molecule has 0 unspecified atom stereocenters. The zero-order chi connectivity index (χ0) is 18.8. The van der Waals surface area contributed by atoms with E-state index in [9.17, 15) is 16.8 Å². The van der Waals surface area contributed by atoms with Gasteiger partial charge in [0.05, 0.1) is 0 Å². The normalized spacial score (nSPS) is 16.0. The molecule has 1 aliphatic heterocycles. The summed E-state index contributed by atoms with van der Waals surface area (Å²) in [5.74, 6) is 0. The number of sulfonamides is 2. The molecule has 0 saturated carbocycles. The van der Waals surface area contributed by atoms with Crippen LogP contribution in [-0.4, -0.2) is 16.8 Å². The minimum Gasteiger partial charge on any atom is -0.208 e. The summed E-state index contributed by atoms with van der Waals surface area (Å²) in [5.41, 5.74) is 0.648. The van der Waals surface area contributed by atoms with Gasteiger partial charge in [0.2, 0.25) is 20.0 Å². The molecule has 0 saturated heterocycles. The second-order valence-corrected chi connectivity index (χ2v) is 9.75. The molecule has 5 rings (SSSR count). The minimum absolute atomic E-state index is 0. The van der Waals surface area contributed by atoms with Crippen LogP contribution in [0.1, 0.15) is 0 Å². The fourth-order valence-corrected chi connectivity index (χ4v) is 6.74. The quantitative estimate of drug-likeness (QED) is 0.329. The van der Waals surface area contributed by atoms with E-state index in [0.717, 1.165) is 10.8 Å². The summed E-state index contributed by atoms with van der Waals surface area (Å²) >= 11 is 0. The largest absolute Gasteiger partial charge is 0.230 e. The van der Waals surface area contributed by atoms with E-state index in [1.807, 2.05) is 28.4 Å². The van der Waals surface area contributed by atoms with Gasteiger partial charge in [0.25, 0.3) is 0 Å². The minimum atomic E-state index is -4.33. The fourth-order valence-electron chi connectivity index (χ4n) is 3.52. The molecule has 0 spiro atoms. The van der Waals surface area contributed by atoms with Gasteiger partial charge in [-0.1, -0.05) is 36.4 Å². The maximum atomic E-state index is 12.8. The Kier molecular flexibility index (Phi) is 6.54. The second-order valence-electron chi connectivity index (χ2n) is 6.25. The zero-order valence-electron chi connectivity index (χ0n) is 14.9. The first-order valence-electron chi connectivity index (χ1n) is 8.04. The summed E-state index contributed by atoms with van der Waals surface area (Å²) in [6, 6.07) is 23.1. The Labute approximate surface area is 219 Å². The van der Waals surface area contributed by atoms with E-state index in [0.29, 0.717) is 21.9 Å². The van der Waals surface area contributed by atoms with Gasteiger partial charge in [-0.15, -0.1) is 37.8 Å². The van der Waals surface area contributed by atoms with Gasteiger partial charge in [0.15, 0.2) is 0 Å². The van der Waals surface area contributed by atoms with Crippen molar-refractivity contribution in [2.45, 2.75) is 9.79 Å². The van der Waals surface area contributed by atoms with E-state index < -0.39 is 20.0 Å². The maximum Gasteiger partial charge on any atom is 0.230 e. The summed E-state index contributed by atoms with van der Waals surface area (Å²) < 4.78 is 53.1. The maximum absolute atomic E-state index is 12.8. The van der Waals surface area contributed by atoms with Gasteiger partial charge in [-0.3, -0.25) is 0 Å². The molecule has 9 heteroatoms. The molecule has 0 aromatic heterocycles. The van der Waals surface area contributed by atoms with Crippen molar-refractivity contribution in [3.63, 3.8) is 0 Å². The van der Waals surface area contributed by atoms with Gasteiger partial charge in [0.1, 0.15) is 0 Å². The molecular formula is C20H11NO4S2Y2-2. The topological polar surface area (TPSA) is 80.3 Å². The SMILES string of the molecule is O=S1(=O)NS(=O)(=O)c2[c-]cc3ccccc3c2-c2c1[c-]cc1ccccc21.[Y].[Y]. The van der Waals surface area contributed by atoms with Crippen LogP contribution in [0.3, 0.4) is 0 Å². The Morgan fingerprint density at radius 1 is 0.621 bits per heavy atom. The van der Waals surface area contributed by atoms with Gasteiger partial charge in [-0.2, -0.15) is 35.4 Å². The van der Waals surface area contributed by atoms with Crippen LogP contribution in [0.4, 0.5) is 0 Å². The molecular weight excluding hydrogens is 560 g/mol. The molecule has 29 heavy (non-hydrogen) atoms. The number of rotatable bonds is 0. The van der Waals surface area contributed by atoms with Crippen molar-refractivity contribution < 1.29 is 82.3 Å². The Morgan fingerprint density at radius 2 is 1.00 bits per heavy atom. The average Bonchev–Trinajstić information content (AvgIpc) is 2.72. The summed E-state index contributed by atoms with van der Waals surface area (Å²) in [5, 5.41) is 2.81. The number of nitrogens with one attached hydrogen (secondary N) is 1. The van der Waals surface area contributed by atoms with Crippen LogP contribution in [-0.2, 0) is 85.5 Å². The predicted octanol–water partition coefficient (Wildman–Crippen LogP) is 3.24. The van der Waals surface area contributed by atoms with Crippen molar-refractivity contribution in [3.05, 3.63) is 72.8 Å². The van der Waals surface area contributed by atoms with Crippen molar-refractivity contribution in [1.29, 1.82) is 0 Å². The standard InChI is InChI=1S/C20H11NO4S2.2Y/c22-26(23)17-11-9-13-5-1-3-7-15(13)19(17)20-16-8-4-2-6-14(16)10-12-18(20)27(24,25)21-26;;/h1-10,21H;;/q-2;;. The van der Waals surface area contributed by atoms with E-state index in [4.69, 9.17) is 0 Å². The molecule has 4 aromatic carbocycles. The molecule has 5 nitrogen and oxygen atoms in total. The number of fused-ring (bicyclic) bond motifs is 7. The third-order valence-electron chi connectivity index (χ3n) is 4.64. The fraction of sp³-hybridized carbons (Fsp3) is 0. The predicted molar refractivity (Wildman–Crippen MR) is 102 cm³/mol. The van der Waals surface area contributed by atoms with E-state index in [2.05, 4.69) is 12.1 Å². The van der Waals surface area contributed by atoms with E-state index >= 15 is 0 Å². The van der Waals surface area contributed by atoms with Crippen LogP contribution >= 0.6 is 0 Å². The number of benzene rings is 4. The summed E-state index contributed by atoms with van der Waals surface area (Å²) in [4.78, 5) is -0.374. The molecule has 0 fully saturated rings. The number of hydrogen-bond donors (Lipinski definition) is 1. The number of hydrogen-bond acceptors (Lipinski definition) is 4. The van der Waals surface area contributed by atoms with Crippen molar-refractivity contribution >= 4 is 41.6 Å². The van der Waals surface area contributed by atoms with Crippen LogP contribution in [0.25, 0.3) is 32.7 Å². The molecule has 0 bridgehead atoms. The van der Waals surface area contributed by atoms with Crippen LogP contribution in [0.2, 0.25) is 0 Å². The van der Waals surface area contributed by atoms with Crippen LogP contribution in [0, 0.1) is 12.1 Å². The summed E-state index contributed by atoms with van der Waals surface area (Å²) in [6.07, 6.45) is 0. The van der Waals surface area contributed by atoms with E-state index in [1.165, 1.54) is 0 Å². The van der Waals surface area contributed by atoms with Gasteiger partial charge < -0.3 is 0 Å². The molecule has 1 N–H and O–H groups in total. The van der Waals surface area contributed by atoms with Crippen LogP contribution < -0.4 is 4.13 Å². The Morgan fingerprint density at radius 3 is 1.41 bits per heavy atom. The first kappa shape index (κ1) is 23.1. The van der Waals surface area contributed by atoms with Crippen molar-refractivity contribution in [3.8, 4) is 11.1 Å². The zero-order valence-corrected chi connectivity index (χ0v) is 22.2. The van der Waals surface area contributed by atoms with Gasteiger partial charge in [-0.25, -0.2) is 16.8 Å². The van der Waals surface area contributed by atoms with Crippen LogP contribution in [0.5, 0.6) is 0 Å². The third kappa shape index (κ3) is 3.69.